The van der Waals surface area contributed by atoms with Gasteiger partial charge in [0.25, 0.3) is 0 Å². The third kappa shape index (κ3) is 5.51. The van der Waals surface area contributed by atoms with Gasteiger partial charge in [-0.2, -0.15) is 0 Å². The molecular weight excluding hydrogens is 349 g/mol. The fourth-order valence-electron chi connectivity index (χ4n) is 2.02. The van der Waals surface area contributed by atoms with Gasteiger partial charge in [0.1, 0.15) is 6.42 Å². The van der Waals surface area contributed by atoms with Crippen LogP contribution in [0.3, 0.4) is 0 Å². The SMILES string of the molecule is CN(CCc1ccncc1)C(=O)CC(=O)Nc1ccc(Cl)c(Cl)c1. The number of anilines is 1. The van der Waals surface area contributed by atoms with E-state index in [1.54, 1.807) is 37.6 Å². The summed E-state index contributed by atoms with van der Waals surface area (Å²) in [6, 6.07) is 8.55. The first-order valence-electron chi connectivity index (χ1n) is 7.33. The van der Waals surface area contributed by atoms with Crippen LogP contribution in [0, 0.1) is 0 Å². The van der Waals surface area contributed by atoms with E-state index in [9.17, 15) is 9.59 Å². The number of nitrogens with zero attached hydrogens (tertiary/aromatic N) is 2. The molecule has 0 aliphatic heterocycles. The van der Waals surface area contributed by atoms with E-state index in [1.165, 1.54) is 4.90 Å². The molecule has 2 rings (SSSR count). The summed E-state index contributed by atoms with van der Waals surface area (Å²) in [5.41, 5.74) is 1.59. The Balaban J connectivity index is 1.81. The second-order valence-corrected chi connectivity index (χ2v) is 6.09. The number of carbonyl (C=O) groups is 2. The van der Waals surface area contributed by atoms with E-state index in [2.05, 4.69) is 10.3 Å². The van der Waals surface area contributed by atoms with Crippen LogP contribution in [0.25, 0.3) is 0 Å². The number of likely N-dealkylation sites (N-methyl/N-ethyl adjacent to an activating group) is 1. The minimum absolute atomic E-state index is 0.229. The van der Waals surface area contributed by atoms with Gasteiger partial charge in [0.05, 0.1) is 10.0 Å². The van der Waals surface area contributed by atoms with E-state index in [4.69, 9.17) is 23.2 Å². The fraction of sp³-hybridized carbons (Fsp3) is 0.235. The second kappa shape index (κ2) is 8.66. The molecule has 0 spiro atoms. The Morgan fingerprint density at radius 1 is 1.12 bits per heavy atom. The Morgan fingerprint density at radius 2 is 1.83 bits per heavy atom. The van der Waals surface area contributed by atoms with Gasteiger partial charge < -0.3 is 10.2 Å². The zero-order valence-corrected chi connectivity index (χ0v) is 14.6. The number of halogens is 2. The van der Waals surface area contributed by atoms with Crippen LogP contribution >= 0.6 is 23.2 Å². The van der Waals surface area contributed by atoms with Crippen molar-refractivity contribution in [1.29, 1.82) is 0 Å². The van der Waals surface area contributed by atoms with E-state index < -0.39 is 5.91 Å². The van der Waals surface area contributed by atoms with Crippen molar-refractivity contribution < 1.29 is 9.59 Å². The van der Waals surface area contributed by atoms with Crippen molar-refractivity contribution in [3.63, 3.8) is 0 Å². The Bertz CT molecular complexity index is 723. The fourth-order valence-corrected chi connectivity index (χ4v) is 2.32. The number of benzene rings is 1. The number of carbonyl (C=O) groups excluding carboxylic acids is 2. The summed E-state index contributed by atoms with van der Waals surface area (Å²) >= 11 is 11.7. The number of pyridine rings is 1. The van der Waals surface area contributed by atoms with E-state index in [0.717, 1.165) is 5.56 Å². The molecule has 2 aromatic rings. The molecule has 0 radical (unpaired) electrons. The molecule has 2 amide bonds. The Labute approximate surface area is 150 Å². The van der Waals surface area contributed by atoms with Crippen LogP contribution in [0.4, 0.5) is 5.69 Å². The monoisotopic (exact) mass is 365 g/mol. The van der Waals surface area contributed by atoms with Crippen LogP contribution in [0.1, 0.15) is 12.0 Å². The van der Waals surface area contributed by atoms with E-state index in [0.29, 0.717) is 28.7 Å². The van der Waals surface area contributed by atoms with Gasteiger partial charge in [-0.25, -0.2) is 0 Å². The predicted molar refractivity (Wildman–Crippen MR) is 95.3 cm³/mol. The van der Waals surface area contributed by atoms with Crippen molar-refractivity contribution in [3.8, 4) is 0 Å². The topological polar surface area (TPSA) is 62.3 Å². The maximum atomic E-state index is 12.1. The zero-order valence-electron chi connectivity index (χ0n) is 13.1. The summed E-state index contributed by atoms with van der Waals surface area (Å²) in [6.45, 7) is 0.531. The van der Waals surface area contributed by atoms with Crippen LogP contribution in [0.5, 0.6) is 0 Å². The molecule has 1 heterocycles. The summed E-state index contributed by atoms with van der Waals surface area (Å²) in [4.78, 5) is 29.5. The molecule has 24 heavy (non-hydrogen) atoms. The van der Waals surface area contributed by atoms with Gasteiger partial charge in [-0.15, -0.1) is 0 Å². The van der Waals surface area contributed by atoms with Crippen LogP contribution in [0.15, 0.2) is 42.7 Å². The number of hydrogen-bond donors (Lipinski definition) is 1. The standard InChI is InChI=1S/C17H17Cl2N3O2/c1-22(9-6-12-4-7-20-8-5-12)17(24)11-16(23)21-13-2-3-14(18)15(19)10-13/h2-5,7-8,10H,6,9,11H2,1H3,(H,21,23). The quantitative estimate of drug-likeness (QED) is 0.797. The van der Waals surface area contributed by atoms with Crippen LogP contribution in [0.2, 0.25) is 10.0 Å². The van der Waals surface area contributed by atoms with Crippen LogP contribution in [-0.2, 0) is 16.0 Å². The Kier molecular flexibility index (Phi) is 6.58. The van der Waals surface area contributed by atoms with E-state index in [1.807, 2.05) is 12.1 Å². The molecule has 7 heteroatoms. The summed E-state index contributed by atoms with van der Waals surface area (Å²) in [5, 5.41) is 3.38. The molecule has 126 valence electrons. The Morgan fingerprint density at radius 3 is 2.50 bits per heavy atom. The van der Waals surface area contributed by atoms with Crippen molar-refractivity contribution in [2.75, 3.05) is 18.9 Å². The summed E-state index contributed by atoms with van der Waals surface area (Å²) in [5.74, 6) is -0.643. The first-order chi connectivity index (χ1) is 11.5. The first-order valence-corrected chi connectivity index (χ1v) is 8.09. The largest absolute Gasteiger partial charge is 0.345 e. The highest BCUT2D eigenvalue weighted by atomic mass is 35.5. The number of nitrogens with one attached hydrogen (secondary N) is 1. The molecule has 0 aliphatic rings. The molecule has 1 aromatic carbocycles. The van der Waals surface area contributed by atoms with Crippen molar-refractivity contribution in [2.24, 2.45) is 0 Å². The van der Waals surface area contributed by atoms with E-state index in [-0.39, 0.29) is 12.3 Å². The molecule has 0 atom stereocenters. The summed E-state index contributed by atoms with van der Waals surface area (Å²) < 4.78 is 0. The van der Waals surface area contributed by atoms with Crippen molar-refractivity contribution in [2.45, 2.75) is 12.8 Å². The second-order valence-electron chi connectivity index (χ2n) is 5.27. The lowest BCUT2D eigenvalue weighted by Gasteiger charge is -2.17. The Hall–Kier alpha value is -2.11. The molecule has 1 aromatic heterocycles. The zero-order chi connectivity index (χ0) is 17.5. The third-order valence-electron chi connectivity index (χ3n) is 3.43. The average Bonchev–Trinajstić information content (AvgIpc) is 2.56. The lowest BCUT2D eigenvalue weighted by molar-refractivity contribution is -0.133. The number of rotatable bonds is 6. The lowest BCUT2D eigenvalue weighted by Crippen LogP contribution is -2.32. The van der Waals surface area contributed by atoms with E-state index >= 15 is 0 Å². The van der Waals surface area contributed by atoms with Gasteiger partial charge in [-0.1, -0.05) is 23.2 Å². The van der Waals surface area contributed by atoms with Gasteiger partial charge in [0, 0.05) is 31.7 Å². The molecule has 0 bridgehead atoms. The molecule has 0 saturated heterocycles. The smallest absolute Gasteiger partial charge is 0.233 e. The van der Waals surface area contributed by atoms with Gasteiger partial charge in [-0.05, 0) is 42.3 Å². The molecule has 0 fully saturated rings. The molecule has 0 unspecified atom stereocenters. The lowest BCUT2D eigenvalue weighted by atomic mass is 10.2. The van der Waals surface area contributed by atoms with Gasteiger partial charge in [0.15, 0.2) is 0 Å². The van der Waals surface area contributed by atoms with Gasteiger partial charge in [0.2, 0.25) is 11.8 Å². The van der Waals surface area contributed by atoms with Crippen molar-refractivity contribution in [3.05, 3.63) is 58.3 Å². The number of aromatic nitrogens is 1. The maximum Gasteiger partial charge on any atom is 0.233 e. The first kappa shape index (κ1) is 18.2. The molecule has 0 saturated carbocycles. The maximum absolute atomic E-state index is 12.1. The van der Waals surface area contributed by atoms with Gasteiger partial charge in [-0.3, -0.25) is 14.6 Å². The molecule has 5 nitrogen and oxygen atoms in total. The average molecular weight is 366 g/mol. The normalized spacial score (nSPS) is 10.3. The molecule has 0 aliphatic carbocycles. The highest BCUT2D eigenvalue weighted by molar-refractivity contribution is 6.42. The van der Waals surface area contributed by atoms with Crippen molar-refractivity contribution >= 4 is 40.7 Å². The van der Waals surface area contributed by atoms with Crippen LogP contribution < -0.4 is 5.32 Å². The summed E-state index contributed by atoms with van der Waals surface area (Å²) in [6.07, 6.45) is 3.90. The minimum Gasteiger partial charge on any atom is -0.345 e. The van der Waals surface area contributed by atoms with Gasteiger partial charge >= 0.3 is 0 Å². The summed E-state index contributed by atoms with van der Waals surface area (Å²) in [7, 11) is 1.68. The van der Waals surface area contributed by atoms with Crippen molar-refractivity contribution in [1.82, 2.24) is 9.88 Å². The third-order valence-corrected chi connectivity index (χ3v) is 4.17. The molecule has 1 N–H and O–H groups in total. The highest BCUT2D eigenvalue weighted by Crippen LogP contribution is 2.25. The number of amides is 2. The minimum atomic E-state index is -0.394. The van der Waals surface area contributed by atoms with Crippen LogP contribution in [-0.4, -0.2) is 35.3 Å². The molecular formula is C17H17Cl2N3O2. The predicted octanol–water partition coefficient (Wildman–Crippen LogP) is 3.42. The highest BCUT2D eigenvalue weighted by Gasteiger charge is 2.14. The number of hydrogen-bond acceptors (Lipinski definition) is 3.